The number of aromatic amines is 1. The third-order valence-electron chi connectivity index (χ3n) is 2.65. The van der Waals surface area contributed by atoms with Crippen molar-refractivity contribution in [1.29, 1.82) is 0 Å². The van der Waals surface area contributed by atoms with Gasteiger partial charge in [-0.2, -0.15) is 0 Å². The van der Waals surface area contributed by atoms with Gasteiger partial charge >= 0.3 is 0 Å². The van der Waals surface area contributed by atoms with Crippen molar-refractivity contribution in [3.05, 3.63) is 58.5 Å². The van der Waals surface area contributed by atoms with Gasteiger partial charge in [-0.15, -0.1) is 0 Å². The van der Waals surface area contributed by atoms with E-state index in [9.17, 15) is 9.59 Å². The Balaban J connectivity index is 2.05. The number of carbonyl (C=O) groups is 1. The molecule has 0 spiro atoms. The minimum Gasteiger partial charge on any atom is -0.494 e. The van der Waals surface area contributed by atoms with Crippen LogP contribution < -0.4 is 15.5 Å². The van der Waals surface area contributed by atoms with Crippen LogP contribution in [0.25, 0.3) is 0 Å². The minimum atomic E-state index is -0.436. The van der Waals surface area contributed by atoms with E-state index in [1.807, 2.05) is 6.92 Å². The largest absolute Gasteiger partial charge is 0.494 e. The summed E-state index contributed by atoms with van der Waals surface area (Å²) in [5.41, 5.74) is 0.380. The molecule has 0 radical (unpaired) electrons. The van der Waals surface area contributed by atoms with Crippen molar-refractivity contribution >= 4 is 11.6 Å². The molecule has 20 heavy (non-hydrogen) atoms. The lowest BCUT2D eigenvalue weighted by Crippen LogP contribution is -2.20. The second-order valence-electron chi connectivity index (χ2n) is 4.25. The number of aromatic nitrogens is 1. The van der Waals surface area contributed by atoms with Crippen LogP contribution in [0.3, 0.4) is 0 Å². The summed E-state index contributed by atoms with van der Waals surface area (Å²) in [5, 5.41) is 2.67. The van der Waals surface area contributed by atoms with E-state index in [0.29, 0.717) is 12.3 Å². The van der Waals surface area contributed by atoms with Crippen molar-refractivity contribution in [3.63, 3.8) is 0 Å². The van der Waals surface area contributed by atoms with Crippen molar-refractivity contribution in [2.45, 2.75) is 13.3 Å². The van der Waals surface area contributed by atoms with Crippen LogP contribution in [0.1, 0.15) is 23.7 Å². The Labute approximate surface area is 116 Å². The molecule has 0 aliphatic carbocycles. The van der Waals surface area contributed by atoms with Crippen LogP contribution in [0, 0.1) is 0 Å². The summed E-state index contributed by atoms with van der Waals surface area (Å²) in [6, 6.07) is 8.34. The third-order valence-corrected chi connectivity index (χ3v) is 2.65. The molecule has 1 amide bonds. The lowest BCUT2D eigenvalue weighted by atomic mass is 10.2. The van der Waals surface area contributed by atoms with Gasteiger partial charge in [0.1, 0.15) is 11.3 Å². The zero-order valence-electron chi connectivity index (χ0n) is 11.2. The normalized spacial score (nSPS) is 10.1. The highest BCUT2D eigenvalue weighted by Gasteiger charge is 2.09. The number of H-pyrrole nitrogens is 1. The van der Waals surface area contributed by atoms with E-state index in [0.717, 1.165) is 12.2 Å². The SMILES string of the molecule is CCCOc1ccc(NC(=O)c2c[nH]ccc2=O)cc1. The molecule has 0 fully saturated rings. The molecule has 1 aromatic carbocycles. The molecule has 2 N–H and O–H groups in total. The molecule has 0 saturated carbocycles. The standard InChI is InChI=1S/C15H16N2O3/c1-2-9-20-12-5-3-11(4-6-12)17-15(19)13-10-16-8-7-14(13)18/h3-8,10H,2,9H2,1H3,(H,16,18)(H,17,19). The van der Waals surface area contributed by atoms with Gasteiger partial charge in [-0.3, -0.25) is 9.59 Å². The number of ether oxygens (including phenoxy) is 1. The van der Waals surface area contributed by atoms with Gasteiger partial charge in [0, 0.05) is 24.1 Å². The molecule has 2 aromatic rings. The number of pyridine rings is 1. The summed E-state index contributed by atoms with van der Waals surface area (Å²) in [4.78, 5) is 26.2. The van der Waals surface area contributed by atoms with Crippen molar-refractivity contribution in [1.82, 2.24) is 4.98 Å². The molecule has 1 aromatic heterocycles. The van der Waals surface area contributed by atoms with E-state index in [1.165, 1.54) is 18.5 Å². The fraction of sp³-hybridized carbons (Fsp3) is 0.200. The van der Waals surface area contributed by atoms with Crippen molar-refractivity contribution < 1.29 is 9.53 Å². The number of nitrogens with one attached hydrogen (secondary N) is 2. The predicted octanol–water partition coefficient (Wildman–Crippen LogP) is 2.42. The zero-order valence-corrected chi connectivity index (χ0v) is 11.2. The Morgan fingerprint density at radius 2 is 2.00 bits per heavy atom. The summed E-state index contributed by atoms with van der Waals surface area (Å²) in [5.74, 6) is 0.316. The molecule has 0 saturated heterocycles. The minimum absolute atomic E-state index is 0.0822. The Morgan fingerprint density at radius 1 is 1.25 bits per heavy atom. The number of hydrogen-bond acceptors (Lipinski definition) is 3. The fourth-order valence-electron chi connectivity index (χ4n) is 1.65. The average Bonchev–Trinajstić information content (AvgIpc) is 2.47. The topological polar surface area (TPSA) is 71.2 Å². The first-order valence-electron chi connectivity index (χ1n) is 6.42. The molecule has 104 valence electrons. The summed E-state index contributed by atoms with van der Waals surface area (Å²) < 4.78 is 5.45. The smallest absolute Gasteiger partial charge is 0.261 e. The number of benzene rings is 1. The van der Waals surface area contributed by atoms with Gasteiger partial charge in [0.25, 0.3) is 5.91 Å². The molecule has 0 aliphatic rings. The van der Waals surface area contributed by atoms with Crippen molar-refractivity contribution in [2.75, 3.05) is 11.9 Å². The number of amides is 1. The first-order chi connectivity index (χ1) is 9.70. The quantitative estimate of drug-likeness (QED) is 0.878. The highest BCUT2D eigenvalue weighted by molar-refractivity contribution is 6.03. The van der Waals surface area contributed by atoms with E-state index in [2.05, 4.69) is 10.3 Å². The van der Waals surface area contributed by atoms with Crippen LogP contribution in [0.4, 0.5) is 5.69 Å². The molecule has 0 atom stereocenters. The monoisotopic (exact) mass is 272 g/mol. The number of carbonyl (C=O) groups excluding carboxylic acids is 1. The van der Waals surface area contributed by atoms with Crippen LogP contribution in [-0.2, 0) is 0 Å². The molecular weight excluding hydrogens is 256 g/mol. The first kappa shape index (κ1) is 13.9. The van der Waals surface area contributed by atoms with E-state index in [4.69, 9.17) is 4.74 Å². The fourth-order valence-corrected chi connectivity index (χ4v) is 1.65. The number of anilines is 1. The Morgan fingerprint density at radius 3 is 2.65 bits per heavy atom. The van der Waals surface area contributed by atoms with Gasteiger partial charge < -0.3 is 15.0 Å². The van der Waals surface area contributed by atoms with Gasteiger partial charge in [-0.1, -0.05) is 6.92 Å². The molecule has 5 heteroatoms. The number of hydrogen-bond donors (Lipinski definition) is 2. The maximum Gasteiger partial charge on any atom is 0.261 e. The van der Waals surface area contributed by atoms with Crippen LogP contribution in [0.15, 0.2) is 47.5 Å². The Bertz CT molecular complexity index is 632. The van der Waals surface area contributed by atoms with Gasteiger partial charge in [0.05, 0.1) is 6.61 Å². The maximum atomic E-state index is 11.9. The van der Waals surface area contributed by atoms with Crippen molar-refractivity contribution in [3.8, 4) is 5.75 Å². The van der Waals surface area contributed by atoms with Crippen LogP contribution in [-0.4, -0.2) is 17.5 Å². The highest BCUT2D eigenvalue weighted by atomic mass is 16.5. The molecule has 0 aliphatic heterocycles. The molecule has 2 rings (SSSR count). The number of rotatable bonds is 5. The summed E-state index contributed by atoms with van der Waals surface area (Å²) in [7, 11) is 0. The highest BCUT2D eigenvalue weighted by Crippen LogP contribution is 2.16. The van der Waals surface area contributed by atoms with Gasteiger partial charge in [0.2, 0.25) is 0 Å². The van der Waals surface area contributed by atoms with Gasteiger partial charge in [0.15, 0.2) is 5.43 Å². The Hall–Kier alpha value is -2.56. The Kier molecular flexibility index (Phi) is 4.55. The van der Waals surface area contributed by atoms with Crippen LogP contribution in [0.2, 0.25) is 0 Å². The average molecular weight is 272 g/mol. The second kappa shape index (κ2) is 6.56. The van der Waals surface area contributed by atoms with Crippen molar-refractivity contribution in [2.24, 2.45) is 0 Å². The summed E-state index contributed by atoms with van der Waals surface area (Å²) in [6.45, 7) is 2.69. The first-order valence-corrected chi connectivity index (χ1v) is 6.42. The van der Waals surface area contributed by atoms with Gasteiger partial charge in [-0.25, -0.2) is 0 Å². The zero-order chi connectivity index (χ0) is 14.4. The predicted molar refractivity (Wildman–Crippen MR) is 77.2 cm³/mol. The molecule has 0 unspecified atom stereocenters. The lowest BCUT2D eigenvalue weighted by Gasteiger charge is -2.07. The molecule has 0 bridgehead atoms. The van der Waals surface area contributed by atoms with E-state index in [1.54, 1.807) is 24.3 Å². The van der Waals surface area contributed by atoms with E-state index in [-0.39, 0.29) is 11.0 Å². The summed E-state index contributed by atoms with van der Waals surface area (Å²) in [6.07, 6.45) is 3.81. The third kappa shape index (κ3) is 3.47. The lowest BCUT2D eigenvalue weighted by molar-refractivity contribution is 0.102. The van der Waals surface area contributed by atoms with Crippen LogP contribution >= 0.6 is 0 Å². The molecular formula is C15H16N2O3. The molecule has 5 nitrogen and oxygen atoms in total. The summed E-state index contributed by atoms with van der Waals surface area (Å²) >= 11 is 0. The second-order valence-corrected chi connectivity index (χ2v) is 4.25. The van der Waals surface area contributed by atoms with E-state index < -0.39 is 5.91 Å². The molecule has 1 heterocycles. The van der Waals surface area contributed by atoms with Gasteiger partial charge in [-0.05, 0) is 30.7 Å². The maximum absolute atomic E-state index is 11.9. The van der Waals surface area contributed by atoms with E-state index >= 15 is 0 Å². The van der Waals surface area contributed by atoms with Crippen LogP contribution in [0.5, 0.6) is 5.75 Å².